The summed E-state index contributed by atoms with van der Waals surface area (Å²) in [5.74, 6) is 0.673. The quantitative estimate of drug-likeness (QED) is 0.894. The first-order valence-electron chi connectivity index (χ1n) is 5.94. The number of aryl methyl sites for hydroxylation is 1. The van der Waals surface area contributed by atoms with Crippen molar-refractivity contribution >= 4 is 0 Å². The van der Waals surface area contributed by atoms with E-state index in [0.717, 1.165) is 16.7 Å². The van der Waals surface area contributed by atoms with Gasteiger partial charge in [-0.1, -0.05) is 6.07 Å². The van der Waals surface area contributed by atoms with Crippen molar-refractivity contribution in [1.29, 1.82) is 0 Å². The molecule has 0 aliphatic carbocycles. The zero-order chi connectivity index (χ0) is 13.8. The van der Waals surface area contributed by atoms with Crippen molar-refractivity contribution in [2.75, 3.05) is 7.11 Å². The highest BCUT2D eigenvalue weighted by Crippen LogP contribution is 2.20. The van der Waals surface area contributed by atoms with Gasteiger partial charge in [-0.15, -0.1) is 0 Å². The molecule has 5 heteroatoms. The molecule has 1 N–H and O–H groups in total. The topological polar surface area (TPSA) is 64.3 Å². The minimum absolute atomic E-state index is 0.0484. The van der Waals surface area contributed by atoms with Crippen LogP contribution in [0.4, 0.5) is 0 Å². The number of aliphatic hydroxyl groups is 1. The molecule has 0 amide bonds. The fourth-order valence-electron chi connectivity index (χ4n) is 1.86. The van der Waals surface area contributed by atoms with Gasteiger partial charge < -0.3 is 9.84 Å². The number of methoxy groups -OCH3 is 1. The smallest absolute Gasteiger partial charge is 0.267 e. The van der Waals surface area contributed by atoms with Crippen LogP contribution in [0.1, 0.15) is 16.7 Å². The highest BCUT2D eigenvalue weighted by molar-refractivity contribution is 5.37. The van der Waals surface area contributed by atoms with Gasteiger partial charge in [-0.25, -0.2) is 4.68 Å². The third-order valence-corrected chi connectivity index (χ3v) is 2.85. The van der Waals surface area contributed by atoms with Crippen LogP contribution in [0.15, 0.2) is 35.3 Å². The van der Waals surface area contributed by atoms with Crippen molar-refractivity contribution in [2.45, 2.75) is 20.1 Å². The molecule has 2 aromatic rings. The van der Waals surface area contributed by atoms with Crippen LogP contribution in [0.25, 0.3) is 0 Å². The highest BCUT2D eigenvalue weighted by Gasteiger charge is 2.07. The van der Waals surface area contributed by atoms with Crippen molar-refractivity contribution in [3.05, 3.63) is 57.5 Å². The molecule has 100 valence electrons. The average Bonchev–Trinajstić information content (AvgIpc) is 2.41. The van der Waals surface area contributed by atoms with Crippen molar-refractivity contribution in [3.8, 4) is 5.75 Å². The lowest BCUT2D eigenvalue weighted by Gasteiger charge is -2.11. The minimum atomic E-state index is -0.156. The van der Waals surface area contributed by atoms with E-state index in [1.54, 1.807) is 25.4 Å². The largest absolute Gasteiger partial charge is 0.496 e. The molecule has 19 heavy (non-hydrogen) atoms. The normalized spacial score (nSPS) is 10.5. The Morgan fingerprint density at radius 1 is 1.37 bits per heavy atom. The Hall–Kier alpha value is -2.14. The maximum absolute atomic E-state index is 11.8. The lowest BCUT2D eigenvalue weighted by molar-refractivity contribution is 0.281. The van der Waals surface area contributed by atoms with Gasteiger partial charge in [-0.05, 0) is 30.2 Å². The van der Waals surface area contributed by atoms with Crippen molar-refractivity contribution in [2.24, 2.45) is 0 Å². The minimum Gasteiger partial charge on any atom is -0.496 e. The molecule has 0 bridgehead atoms. The molecule has 0 unspecified atom stereocenters. The van der Waals surface area contributed by atoms with Gasteiger partial charge in [-0.3, -0.25) is 4.79 Å². The summed E-state index contributed by atoms with van der Waals surface area (Å²) >= 11 is 0. The van der Waals surface area contributed by atoms with Crippen molar-refractivity contribution in [3.63, 3.8) is 0 Å². The molecule has 2 rings (SSSR count). The van der Waals surface area contributed by atoms with Gasteiger partial charge in [0.2, 0.25) is 0 Å². The lowest BCUT2D eigenvalue weighted by Crippen LogP contribution is -2.23. The molecule has 0 saturated carbocycles. The Morgan fingerprint density at radius 2 is 2.16 bits per heavy atom. The van der Waals surface area contributed by atoms with E-state index in [9.17, 15) is 4.79 Å². The molecule has 5 nitrogen and oxygen atoms in total. The van der Waals surface area contributed by atoms with Gasteiger partial charge in [-0.2, -0.15) is 5.10 Å². The second-order valence-corrected chi connectivity index (χ2v) is 4.33. The first-order valence-corrected chi connectivity index (χ1v) is 5.94. The molecule has 0 aliphatic rings. The summed E-state index contributed by atoms with van der Waals surface area (Å²) in [6.45, 7) is 2.09. The Labute approximate surface area is 111 Å². The fraction of sp³-hybridized carbons (Fsp3) is 0.286. The molecule has 0 atom stereocenters. The van der Waals surface area contributed by atoms with Crippen LogP contribution in [0, 0.1) is 6.92 Å². The van der Waals surface area contributed by atoms with Crippen molar-refractivity contribution < 1.29 is 9.84 Å². The zero-order valence-corrected chi connectivity index (χ0v) is 11.0. The summed E-state index contributed by atoms with van der Waals surface area (Å²) < 4.78 is 6.62. The van der Waals surface area contributed by atoms with Crippen LogP contribution in [-0.4, -0.2) is 22.0 Å². The molecule has 0 aliphatic heterocycles. The Bertz CT molecular complexity index is 635. The lowest BCUT2D eigenvalue weighted by atomic mass is 10.1. The summed E-state index contributed by atoms with van der Waals surface area (Å²) in [7, 11) is 1.57. The highest BCUT2D eigenvalue weighted by atomic mass is 16.5. The summed E-state index contributed by atoms with van der Waals surface area (Å²) in [6.07, 6.45) is 1.64. The number of aliphatic hydroxyl groups excluding tert-OH is 1. The summed E-state index contributed by atoms with van der Waals surface area (Å²) in [4.78, 5) is 11.8. The van der Waals surface area contributed by atoms with Gasteiger partial charge in [0.1, 0.15) is 5.75 Å². The van der Waals surface area contributed by atoms with E-state index in [1.807, 2.05) is 13.0 Å². The predicted octanol–water partition coefficient (Wildman–Crippen LogP) is 1.10. The van der Waals surface area contributed by atoms with Crippen LogP contribution < -0.4 is 10.3 Å². The SMILES string of the molecule is COc1ccc(CO)cc1Cn1ncc(C)cc1=O. The number of hydrogen-bond acceptors (Lipinski definition) is 4. The third kappa shape index (κ3) is 3.00. The number of nitrogens with zero attached hydrogens (tertiary/aromatic N) is 2. The Kier molecular flexibility index (Phi) is 3.97. The summed E-state index contributed by atoms with van der Waals surface area (Å²) in [5.41, 5.74) is 2.26. The number of rotatable bonds is 4. The number of hydrogen-bond donors (Lipinski definition) is 1. The van der Waals surface area contributed by atoms with E-state index in [2.05, 4.69) is 5.10 Å². The van der Waals surface area contributed by atoms with E-state index in [4.69, 9.17) is 9.84 Å². The first-order chi connectivity index (χ1) is 9.13. The molecular weight excluding hydrogens is 244 g/mol. The molecule has 0 fully saturated rings. The van der Waals surface area contributed by atoms with Gasteiger partial charge >= 0.3 is 0 Å². The van der Waals surface area contributed by atoms with Crippen LogP contribution in [0.2, 0.25) is 0 Å². The van der Waals surface area contributed by atoms with Gasteiger partial charge in [0.25, 0.3) is 5.56 Å². The van der Waals surface area contributed by atoms with Crippen molar-refractivity contribution in [1.82, 2.24) is 9.78 Å². The Morgan fingerprint density at radius 3 is 2.79 bits per heavy atom. The molecule has 1 heterocycles. The molecule has 1 aromatic heterocycles. The molecule has 1 aromatic carbocycles. The number of benzene rings is 1. The average molecular weight is 260 g/mol. The van der Waals surface area contributed by atoms with Crippen LogP contribution in [0.3, 0.4) is 0 Å². The summed E-state index contributed by atoms with van der Waals surface area (Å²) in [5, 5.41) is 13.2. The van der Waals surface area contributed by atoms with E-state index < -0.39 is 0 Å². The first kappa shape index (κ1) is 13.3. The maximum atomic E-state index is 11.8. The third-order valence-electron chi connectivity index (χ3n) is 2.85. The standard InChI is InChI=1S/C14H16N2O3/c1-10-5-14(18)16(15-7-10)8-12-6-11(9-17)3-4-13(12)19-2/h3-7,17H,8-9H2,1-2H3. The number of ether oxygens (including phenoxy) is 1. The Balaban J connectivity index is 2.39. The number of aromatic nitrogens is 2. The second-order valence-electron chi connectivity index (χ2n) is 4.33. The van der Waals surface area contributed by atoms with E-state index in [1.165, 1.54) is 10.7 Å². The van der Waals surface area contributed by atoms with Gasteiger partial charge in [0, 0.05) is 11.6 Å². The van der Waals surface area contributed by atoms with E-state index in [0.29, 0.717) is 12.3 Å². The molecular formula is C14H16N2O3. The van der Waals surface area contributed by atoms with E-state index in [-0.39, 0.29) is 12.2 Å². The predicted molar refractivity (Wildman–Crippen MR) is 71.3 cm³/mol. The maximum Gasteiger partial charge on any atom is 0.267 e. The summed E-state index contributed by atoms with van der Waals surface area (Å²) in [6, 6.07) is 6.91. The molecule has 0 saturated heterocycles. The molecule has 0 radical (unpaired) electrons. The fourth-order valence-corrected chi connectivity index (χ4v) is 1.86. The van der Waals surface area contributed by atoms with Crippen LogP contribution in [0.5, 0.6) is 5.75 Å². The monoisotopic (exact) mass is 260 g/mol. The van der Waals surface area contributed by atoms with Crippen LogP contribution >= 0.6 is 0 Å². The van der Waals surface area contributed by atoms with E-state index >= 15 is 0 Å². The van der Waals surface area contributed by atoms with Gasteiger partial charge in [0.05, 0.1) is 26.5 Å². The van der Waals surface area contributed by atoms with Crippen LogP contribution in [-0.2, 0) is 13.2 Å². The zero-order valence-electron chi connectivity index (χ0n) is 11.0. The van der Waals surface area contributed by atoms with Gasteiger partial charge in [0.15, 0.2) is 0 Å². The second kappa shape index (κ2) is 5.67. The molecule has 0 spiro atoms.